The Kier molecular flexibility index (Phi) is 5.03. The number of carbonyl (C=O) groups is 3. The van der Waals surface area contributed by atoms with Crippen molar-refractivity contribution in [1.29, 1.82) is 0 Å². The molecular formula is C25H29FN2O6. The van der Waals surface area contributed by atoms with Crippen LogP contribution in [0.2, 0.25) is 0 Å². The number of H-pyrrole nitrogens is 1. The van der Waals surface area contributed by atoms with Crippen LogP contribution in [0, 0.1) is 34.4 Å². The molecule has 0 aliphatic heterocycles. The number of rotatable bonds is 3. The van der Waals surface area contributed by atoms with E-state index in [1.165, 1.54) is 0 Å². The molecule has 9 heteroatoms. The smallest absolute Gasteiger partial charge is 0.328 e. The highest BCUT2D eigenvalue weighted by atomic mass is 19.1. The molecule has 0 bridgehead atoms. The minimum absolute atomic E-state index is 0.00625. The molecule has 6 atom stereocenters. The molecule has 1 aromatic heterocycles. The molecule has 5 rings (SSSR count). The fourth-order valence-corrected chi connectivity index (χ4v) is 7.75. The number of nitrogens with one attached hydrogen (secondary N) is 1. The minimum atomic E-state index is -1.91. The molecule has 4 aliphatic carbocycles. The van der Waals surface area contributed by atoms with Crippen molar-refractivity contribution in [2.24, 2.45) is 28.6 Å². The predicted molar refractivity (Wildman–Crippen MR) is 118 cm³/mol. The van der Waals surface area contributed by atoms with E-state index in [-0.39, 0.29) is 47.6 Å². The zero-order chi connectivity index (χ0) is 24.6. The van der Waals surface area contributed by atoms with Crippen LogP contribution in [0.5, 0.6) is 0 Å². The van der Waals surface area contributed by atoms with E-state index < -0.39 is 40.4 Å². The number of halogens is 1. The minimum Gasteiger partial charge on any atom is -0.381 e. The van der Waals surface area contributed by atoms with Crippen molar-refractivity contribution in [3.05, 3.63) is 44.5 Å². The first-order valence-electron chi connectivity index (χ1n) is 11.9. The van der Waals surface area contributed by atoms with Crippen molar-refractivity contribution in [1.82, 2.24) is 9.55 Å². The van der Waals surface area contributed by atoms with Crippen LogP contribution in [-0.2, 0) is 20.9 Å². The highest BCUT2D eigenvalue weighted by Gasteiger charge is 2.68. The predicted octanol–water partition coefficient (Wildman–Crippen LogP) is 1.69. The fourth-order valence-electron chi connectivity index (χ4n) is 7.75. The Morgan fingerprint density at radius 1 is 1.18 bits per heavy atom. The second kappa shape index (κ2) is 7.41. The molecule has 1 unspecified atom stereocenters. The Labute approximate surface area is 195 Å². The standard InChI is InChI=1S/C25H29FN2O6/c1-23-7-5-14(29)9-13(23)3-4-15-16-6-8-25(34,24(16,2)10-18(30)20(15)23)19(31)12-28-21(32)17(26)11-27-22(28)33/h9,11,15-16,20,34H,3-8,10,12H2,1-2H3,(H,27,33)/t15?,16-,20+,23-,24-,25-/m0/s1. The first kappa shape index (κ1) is 23.1. The number of Topliss-reactive ketones (excluding diaryl/α,β-unsaturated/α-hetero) is 2. The van der Waals surface area contributed by atoms with E-state index in [1.807, 2.05) is 0 Å². The van der Waals surface area contributed by atoms with Gasteiger partial charge in [-0.2, -0.15) is 4.39 Å². The normalized spacial score (nSPS) is 39.2. The van der Waals surface area contributed by atoms with Crippen LogP contribution in [-0.4, -0.2) is 37.6 Å². The number of fused-ring (bicyclic) bond motifs is 5. The van der Waals surface area contributed by atoms with Crippen molar-refractivity contribution in [3.63, 3.8) is 0 Å². The van der Waals surface area contributed by atoms with Gasteiger partial charge in [0.1, 0.15) is 11.4 Å². The van der Waals surface area contributed by atoms with Crippen molar-refractivity contribution >= 4 is 17.3 Å². The van der Waals surface area contributed by atoms with Gasteiger partial charge >= 0.3 is 5.69 Å². The van der Waals surface area contributed by atoms with Crippen LogP contribution in [0.15, 0.2) is 27.4 Å². The maximum atomic E-state index is 13.7. The fraction of sp³-hybridized carbons (Fsp3) is 0.640. The molecular weight excluding hydrogens is 443 g/mol. The molecule has 2 N–H and O–H groups in total. The average molecular weight is 473 g/mol. The summed E-state index contributed by atoms with van der Waals surface area (Å²) in [5.74, 6) is -2.25. The molecule has 0 saturated heterocycles. The monoisotopic (exact) mass is 472 g/mol. The third kappa shape index (κ3) is 2.95. The van der Waals surface area contributed by atoms with Gasteiger partial charge in [0.15, 0.2) is 11.6 Å². The van der Waals surface area contributed by atoms with E-state index in [1.54, 1.807) is 13.0 Å². The first-order valence-corrected chi connectivity index (χ1v) is 11.9. The maximum absolute atomic E-state index is 13.7. The van der Waals surface area contributed by atoms with Gasteiger partial charge in [0.2, 0.25) is 5.82 Å². The molecule has 0 spiro atoms. The van der Waals surface area contributed by atoms with Crippen molar-refractivity contribution in [2.45, 2.75) is 70.9 Å². The van der Waals surface area contributed by atoms with Crippen LogP contribution < -0.4 is 11.2 Å². The van der Waals surface area contributed by atoms with Crippen LogP contribution in [0.25, 0.3) is 0 Å². The lowest BCUT2D eigenvalue weighted by Gasteiger charge is -2.57. The molecule has 0 radical (unpaired) electrons. The Morgan fingerprint density at radius 3 is 2.65 bits per heavy atom. The SMILES string of the molecule is C[C@]12CCC(=O)C=C1CCC1[C@@H]2C(=O)C[C@@]2(C)[C@H]1CC[C@]2(O)C(=O)Cn1c(=O)[nH]cc(F)c1=O. The molecule has 4 aliphatic rings. The third-order valence-corrected chi connectivity index (χ3v) is 9.59. The molecule has 0 amide bonds. The number of hydrogen-bond acceptors (Lipinski definition) is 6. The maximum Gasteiger partial charge on any atom is 0.328 e. The number of hydrogen-bond donors (Lipinski definition) is 2. The quantitative estimate of drug-likeness (QED) is 0.689. The summed E-state index contributed by atoms with van der Waals surface area (Å²) in [4.78, 5) is 65.3. The van der Waals surface area contributed by atoms with Gasteiger partial charge in [0, 0.05) is 30.4 Å². The molecule has 1 heterocycles. The van der Waals surface area contributed by atoms with Crippen LogP contribution in [0.4, 0.5) is 4.39 Å². The van der Waals surface area contributed by atoms with Gasteiger partial charge in [-0.3, -0.25) is 23.7 Å². The number of aliphatic hydroxyl groups is 1. The zero-order valence-corrected chi connectivity index (χ0v) is 19.4. The highest BCUT2D eigenvalue weighted by Crippen LogP contribution is 2.66. The van der Waals surface area contributed by atoms with Crippen molar-refractivity contribution in [3.8, 4) is 0 Å². The van der Waals surface area contributed by atoms with Crippen molar-refractivity contribution in [2.75, 3.05) is 0 Å². The number of carbonyl (C=O) groups excluding carboxylic acids is 3. The Bertz CT molecular complexity index is 1260. The number of nitrogens with zero attached hydrogens (tertiary/aromatic N) is 1. The lowest BCUT2D eigenvalue weighted by molar-refractivity contribution is -0.169. The van der Waals surface area contributed by atoms with Gasteiger partial charge in [0.05, 0.1) is 6.54 Å². The van der Waals surface area contributed by atoms with Gasteiger partial charge in [-0.1, -0.05) is 19.4 Å². The first-order chi connectivity index (χ1) is 15.9. The summed E-state index contributed by atoms with van der Waals surface area (Å²) in [6.45, 7) is 3.06. The topological polar surface area (TPSA) is 126 Å². The molecule has 182 valence electrons. The average Bonchev–Trinajstić information content (AvgIpc) is 3.05. The number of allylic oxidation sites excluding steroid dienone is 1. The van der Waals surface area contributed by atoms with Gasteiger partial charge < -0.3 is 10.1 Å². The Balaban J connectivity index is 1.49. The Hall–Kier alpha value is -2.68. The van der Waals surface area contributed by atoms with E-state index in [0.717, 1.165) is 5.57 Å². The summed E-state index contributed by atoms with van der Waals surface area (Å²) >= 11 is 0. The lowest BCUT2D eigenvalue weighted by atomic mass is 9.46. The molecule has 34 heavy (non-hydrogen) atoms. The van der Waals surface area contributed by atoms with Crippen LogP contribution in [0.1, 0.15) is 58.8 Å². The summed E-state index contributed by atoms with van der Waals surface area (Å²) in [5, 5.41) is 11.7. The second-order valence-corrected chi connectivity index (χ2v) is 11.1. The highest BCUT2D eigenvalue weighted by molar-refractivity contribution is 5.94. The van der Waals surface area contributed by atoms with E-state index >= 15 is 0 Å². The summed E-state index contributed by atoms with van der Waals surface area (Å²) in [7, 11) is 0. The summed E-state index contributed by atoms with van der Waals surface area (Å²) in [6.07, 6.45) is 5.47. The molecule has 8 nitrogen and oxygen atoms in total. The summed E-state index contributed by atoms with van der Waals surface area (Å²) < 4.78 is 14.2. The van der Waals surface area contributed by atoms with E-state index in [0.29, 0.717) is 42.9 Å². The van der Waals surface area contributed by atoms with Crippen molar-refractivity contribution < 1.29 is 23.9 Å². The van der Waals surface area contributed by atoms with E-state index in [4.69, 9.17) is 0 Å². The number of aromatic amines is 1. The zero-order valence-electron chi connectivity index (χ0n) is 19.4. The summed E-state index contributed by atoms with van der Waals surface area (Å²) in [5.41, 5.74) is -4.47. The van der Waals surface area contributed by atoms with Crippen LogP contribution >= 0.6 is 0 Å². The van der Waals surface area contributed by atoms with Gasteiger partial charge in [-0.05, 0) is 55.4 Å². The third-order valence-electron chi connectivity index (χ3n) is 9.59. The Morgan fingerprint density at radius 2 is 1.91 bits per heavy atom. The van der Waals surface area contributed by atoms with Crippen LogP contribution in [0.3, 0.4) is 0 Å². The van der Waals surface area contributed by atoms with Gasteiger partial charge in [-0.25, -0.2) is 4.79 Å². The summed E-state index contributed by atoms with van der Waals surface area (Å²) in [6, 6.07) is 0. The molecule has 1 aromatic rings. The van der Waals surface area contributed by atoms with Gasteiger partial charge in [0.25, 0.3) is 5.56 Å². The number of aromatic nitrogens is 2. The van der Waals surface area contributed by atoms with Gasteiger partial charge in [-0.15, -0.1) is 0 Å². The number of ketones is 3. The molecule has 0 aromatic carbocycles. The van der Waals surface area contributed by atoms with E-state index in [2.05, 4.69) is 11.9 Å². The molecule has 3 fully saturated rings. The van der Waals surface area contributed by atoms with E-state index in [9.17, 15) is 33.5 Å². The second-order valence-electron chi connectivity index (χ2n) is 11.1. The lowest BCUT2D eigenvalue weighted by Crippen LogP contribution is -2.61. The largest absolute Gasteiger partial charge is 0.381 e. The molecule has 3 saturated carbocycles.